The zero-order chi connectivity index (χ0) is 12.8. The number of benzene rings is 1. The molecule has 0 aliphatic heterocycles. The van der Waals surface area contributed by atoms with Crippen LogP contribution in [0.3, 0.4) is 0 Å². The lowest BCUT2D eigenvalue weighted by Crippen LogP contribution is -2.32. The van der Waals surface area contributed by atoms with Gasteiger partial charge in [0, 0.05) is 22.0 Å². The SMILES string of the molecule is CC(CCCCl)NC(=O)c1cc(F)cc(Br)c1. The van der Waals surface area contributed by atoms with Crippen molar-refractivity contribution in [2.24, 2.45) is 0 Å². The van der Waals surface area contributed by atoms with Gasteiger partial charge in [-0.05, 0) is 38.0 Å². The maximum absolute atomic E-state index is 13.1. The molecule has 0 saturated carbocycles. The summed E-state index contributed by atoms with van der Waals surface area (Å²) in [6.07, 6.45) is 1.65. The van der Waals surface area contributed by atoms with Gasteiger partial charge in [-0.3, -0.25) is 4.79 Å². The molecule has 1 rings (SSSR count). The number of halogens is 3. The first-order valence-corrected chi connectivity index (χ1v) is 6.68. The van der Waals surface area contributed by atoms with Crippen molar-refractivity contribution in [3.8, 4) is 0 Å². The fourth-order valence-electron chi connectivity index (χ4n) is 1.45. The fraction of sp³-hybridized carbons (Fsp3) is 0.417. The molecule has 0 aromatic heterocycles. The predicted octanol–water partition coefficient (Wildman–Crippen LogP) is 3.73. The van der Waals surface area contributed by atoms with Gasteiger partial charge in [0.2, 0.25) is 0 Å². The van der Waals surface area contributed by atoms with Crippen molar-refractivity contribution in [2.45, 2.75) is 25.8 Å². The minimum atomic E-state index is -0.432. The zero-order valence-electron chi connectivity index (χ0n) is 9.47. The Balaban J connectivity index is 2.63. The van der Waals surface area contributed by atoms with E-state index in [-0.39, 0.29) is 11.9 Å². The Morgan fingerprint density at radius 3 is 2.82 bits per heavy atom. The highest BCUT2D eigenvalue weighted by atomic mass is 79.9. The molecule has 94 valence electrons. The van der Waals surface area contributed by atoms with Gasteiger partial charge in [-0.2, -0.15) is 0 Å². The van der Waals surface area contributed by atoms with E-state index in [0.29, 0.717) is 15.9 Å². The van der Waals surface area contributed by atoms with Crippen molar-refractivity contribution in [1.82, 2.24) is 5.32 Å². The van der Waals surface area contributed by atoms with Crippen LogP contribution in [0, 0.1) is 5.82 Å². The Hall–Kier alpha value is -0.610. The summed E-state index contributed by atoms with van der Waals surface area (Å²) in [5, 5.41) is 2.80. The van der Waals surface area contributed by atoms with Gasteiger partial charge in [0.05, 0.1) is 0 Å². The molecule has 5 heteroatoms. The maximum Gasteiger partial charge on any atom is 0.251 e. The van der Waals surface area contributed by atoms with Crippen LogP contribution < -0.4 is 5.32 Å². The highest BCUT2D eigenvalue weighted by molar-refractivity contribution is 9.10. The van der Waals surface area contributed by atoms with Gasteiger partial charge in [-0.25, -0.2) is 4.39 Å². The summed E-state index contributed by atoms with van der Waals surface area (Å²) in [6, 6.07) is 4.15. The molecule has 1 aromatic carbocycles. The first-order chi connectivity index (χ1) is 8.02. The normalized spacial score (nSPS) is 12.2. The first-order valence-electron chi connectivity index (χ1n) is 5.36. The summed E-state index contributed by atoms with van der Waals surface area (Å²) in [6.45, 7) is 1.90. The van der Waals surface area contributed by atoms with Crippen LogP contribution in [0.4, 0.5) is 4.39 Å². The van der Waals surface area contributed by atoms with E-state index >= 15 is 0 Å². The Bertz CT molecular complexity index is 380. The van der Waals surface area contributed by atoms with Crippen LogP contribution in [0.5, 0.6) is 0 Å². The topological polar surface area (TPSA) is 29.1 Å². The summed E-state index contributed by atoms with van der Waals surface area (Å²) >= 11 is 8.72. The Morgan fingerprint density at radius 1 is 1.53 bits per heavy atom. The summed E-state index contributed by atoms with van der Waals surface area (Å²) in [4.78, 5) is 11.8. The van der Waals surface area contributed by atoms with Crippen LogP contribution in [-0.4, -0.2) is 17.8 Å². The molecule has 1 atom stereocenters. The van der Waals surface area contributed by atoms with Crippen LogP contribution in [0.15, 0.2) is 22.7 Å². The molecule has 0 radical (unpaired) electrons. The lowest BCUT2D eigenvalue weighted by atomic mass is 10.1. The van der Waals surface area contributed by atoms with Gasteiger partial charge in [-0.1, -0.05) is 15.9 Å². The third-order valence-corrected chi connectivity index (χ3v) is 3.00. The first kappa shape index (κ1) is 14.5. The number of nitrogens with one attached hydrogen (secondary N) is 1. The quantitative estimate of drug-likeness (QED) is 0.822. The molecule has 0 aliphatic rings. The predicted molar refractivity (Wildman–Crippen MR) is 71.0 cm³/mol. The van der Waals surface area contributed by atoms with E-state index in [9.17, 15) is 9.18 Å². The summed E-state index contributed by atoms with van der Waals surface area (Å²) < 4.78 is 13.7. The van der Waals surface area contributed by atoms with E-state index in [1.54, 1.807) is 6.07 Å². The largest absolute Gasteiger partial charge is 0.350 e. The van der Waals surface area contributed by atoms with Crippen molar-refractivity contribution in [3.05, 3.63) is 34.1 Å². The monoisotopic (exact) mass is 321 g/mol. The van der Waals surface area contributed by atoms with Crippen LogP contribution in [0.1, 0.15) is 30.1 Å². The fourth-order valence-corrected chi connectivity index (χ4v) is 2.07. The molecule has 2 nitrogen and oxygen atoms in total. The highest BCUT2D eigenvalue weighted by Crippen LogP contribution is 2.15. The highest BCUT2D eigenvalue weighted by Gasteiger charge is 2.11. The lowest BCUT2D eigenvalue weighted by molar-refractivity contribution is 0.0938. The zero-order valence-corrected chi connectivity index (χ0v) is 11.8. The number of carbonyl (C=O) groups is 1. The minimum Gasteiger partial charge on any atom is -0.350 e. The Kier molecular flexibility index (Phi) is 5.92. The summed E-state index contributed by atoms with van der Waals surface area (Å²) in [5.41, 5.74) is 0.314. The van der Waals surface area contributed by atoms with E-state index in [0.717, 1.165) is 12.8 Å². The van der Waals surface area contributed by atoms with Crippen LogP contribution in [0.25, 0.3) is 0 Å². The van der Waals surface area contributed by atoms with Crippen LogP contribution >= 0.6 is 27.5 Å². The average Bonchev–Trinajstić information content (AvgIpc) is 2.25. The molecule has 17 heavy (non-hydrogen) atoms. The van der Waals surface area contributed by atoms with Crippen molar-refractivity contribution in [1.29, 1.82) is 0 Å². The van der Waals surface area contributed by atoms with Crippen LogP contribution in [-0.2, 0) is 0 Å². The second-order valence-electron chi connectivity index (χ2n) is 3.86. The molecular weight excluding hydrogens is 308 g/mol. The molecular formula is C12H14BrClFNO. The molecule has 0 bridgehead atoms. The number of carbonyl (C=O) groups excluding carboxylic acids is 1. The second kappa shape index (κ2) is 6.97. The molecule has 0 heterocycles. The number of rotatable bonds is 5. The number of hydrogen-bond acceptors (Lipinski definition) is 1. The Morgan fingerprint density at radius 2 is 2.24 bits per heavy atom. The van der Waals surface area contributed by atoms with Crippen molar-refractivity contribution in [2.75, 3.05) is 5.88 Å². The maximum atomic E-state index is 13.1. The average molecular weight is 323 g/mol. The van der Waals surface area contributed by atoms with Gasteiger partial charge >= 0.3 is 0 Å². The van der Waals surface area contributed by atoms with Gasteiger partial charge < -0.3 is 5.32 Å². The van der Waals surface area contributed by atoms with E-state index in [1.807, 2.05) is 6.92 Å². The molecule has 1 N–H and O–H groups in total. The van der Waals surface area contributed by atoms with Gasteiger partial charge in [-0.15, -0.1) is 11.6 Å². The molecule has 0 aliphatic carbocycles. The summed E-state index contributed by atoms with van der Waals surface area (Å²) in [7, 11) is 0. The third-order valence-electron chi connectivity index (χ3n) is 2.27. The van der Waals surface area contributed by atoms with Gasteiger partial charge in [0.25, 0.3) is 5.91 Å². The minimum absolute atomic E-state index is 0.0308. The molecule has 0 fully saturated rings. The van der Waals surface area contributed by atoms with E-state index in [4.69, 9.17) is 11.6 Å². The molecule has 1 unspecified atom stereocenters. The second-order valence-corrected chi connectivity index (χ2v) is 5.16. The van der Waals surface area contributed by atoms with E-state index in [1.165, 1.54) is 12.1 Å². The molecule has 0 spiro atoms. The third kappa shape index (κ3) is 5.04. The molecule has 0 saturated heterocycles. The van der Waals surface area contributed by atoms with Crippen molar-refractivity contribution >= 4 is 33.4 Å². The summed E-state index contributed by atoms with van der Waals surface area (Å²) in [5.74, 6) is -0.128. The van der Waals surface area contributed by atoms with Crippen LogP contribution in [0.2, 0.25) is 0 Å². The smallest absolute Gasteiger partial charge is 0.251 e. The molecule has 1 aromatic rings. The Labute approximate surface area is 114 Å². The van der Waals surface area contributed by atoms with E-state index < -0.39 is 5.82 Å². The van der Waals surface area contributed by atoms with E-state index in [2.05, 4.69) is 21.2 Å². The molecule has 1 amide bonds. The number of amides is 1. The standard InChI is InChI=1S/C12H14BrClFNO/c1-8(3-2-4-14)16-12(17)9-5-10(13)7-11(15)6-9/h5-8H,2-4H2,1H3,(H,16,17). The van der Waals surface area contributed by atoms with Gasteiger partial charge in [0.15, 0.2) is 0 Å². The van der Waals surface area contributed by atoms with Crippen molar-refractivity contribution < 1.29 is 9.18 Å². The van der Waals surface area contributed by atoms with Gasteiger partial charge in [0.1, 0.15) is 5.82 Å². The van der Waals surface area contributed by atoms with Crippen molar-refractivity contribution in [3.63, 3.8) is 0 Å². The number of alkyl halides is 1. The number of hydrogen-bond donors (Lipinski definition) is 1. The lowest BCUT2D eigenvalue weighted by Gasteiger charge is -2.13.